The number of carboxylic acid groups (broad SMARTS) is 1. The SMILES string of the molecule is COC(=O)CNC(=O)c1cccc(-c2ccccc2)c1C.Cc1c(C(=O)NCC(=O)O)cccc1-c1ccccc1.[Li+].[OH-]. The quantitative estimate of drug-likeness (QED) is 0.214. The zero-order chi connectivity index (χ0) is 29.8. The first-order valence-corrected chi connectivity index (χ1v) is 12.9. The van der Waals surface area contributed by atoms with Crippen LogP contribution >= 0.6 is 0 Å². The molecule has 0 saturated carbocycles. The summed E-state index contributed by atoms with van der Waals surface area (Å²) in [6.45, 7) is 3.24. The fourth-order valence-electron chi connectivity index (χ4n) is 4.20. The van der Waals surface area contributed by atoms with E-state index in [0.29, 0.717) is 11.1 Å². The Kier molecular flexibility index (Phi) is 15.2. The number of ether oxygens (including phenoxy) is 1. The molecule has 2 amide bonds. The average Bonchev–Trinajstić information content (AvgIpc) is 3.00. The van der Waals surface area contributed by atoms with Gasteiger partial charge >= 0.3 is 30.8 Å². The van der Waals surface area contributed by atoms with Crippen LogP contribution in [-0.4, -0.2) is 54.5 Å². The van der Waals surface area contributed by atoms with Crippen LogP contribution in [0.3, 0.4) is 0 Å². The number of nitrogens with one attached hydrogen (secondary N) is 2. The molecular formula is C33H33LiN2O7. The Morgan fingerprint density at radius 2 is 1.02 bits per heavy atom. The molecule has 0 spiro atoms. The fourth-order valence-corrected chi connectivity index (χ4v) is 4.20. The second-order valence-electron chi connectivity index (χ2n) is 9.02. The minimum atomic E-state index is -1.06. The third kappa shape index (κ3) is 10.3. The molecule has 10 heteroatoms. The molecule has 4 aromatic carbocycles. The van der Waals surface area contributed by atoms with Gasteiger partial charge in [0.25, 0.3) is 11.8 Å². The molecule has 4 aromatic rings. The van der Waals surface area contributed by atoms with E-state index in [4.69, 9.17) is 5.11 Å². The van der Waals surface area contributed by atoms with Crippen LogP contribution in [0.25, 0.3) is 22.3 Å². The summed E-state index contributed by atoms with van der Waals surface area (Å²) in [5.41, 5.74) is 6.81. The van der Waals surface area contributed by atoms with Crippen molar-refractivity contribution in [1.29, 1.82) is 0 Å². The maximum absolute atomic E-state index is 12.2. The van der Waals surface area contributed by atoms with Crippen LogP contribution < -0.4 is 29.5 Å². The van der Waals surface area contributed by atoms with Crippen molar-refractivity contribution >= 4 is 23.8 Å². The standard InChI is InChI=1S/C17H17NO3.C16H15NO3.Li.H2O/c1-12-14(13-7-4-3-5-8-13)9-6-10-15(12)17(20)18-11-16(19)21-2;1-11-13(12-6-3-2-4-7-12)8-5-9-14(11)16(20)17-10-15(18)19;;/h3-10H,11H2,1-2H3,(H,18,20);2-9H,10H2,1H3,(H,17,20)(H,18,19);;1H2/q;;+1;/p-1. The van der Waals surface area contributed by atoms with Crippen molar-refractivity contribution in [2.75, 3.05) is 20.2 Å². The van der Waals surface area contributed by atoms with E-state index in [-0.39, 0.29) is 49.2 Å². The van der Waals surface area contributed by atoms with Crippen LogP contribution in [0.15, 0.2) is 97.1 Å². The molecule has 0 heterocycles. The molecular weight excluding hydrogens is 543 g/mol. The number of aliphatic carboxylic acids is 1. The summed E-state index contributed by atoms with van der Waals surface area (Å²) < 4.78 is 4.51. The number of hydrogen-bond acceptors (Lipinski definition) is 6. The van der Waals surface area contributed by atoms with Gasteiger partial charge in [0.05, 0.1) is 7.11 Å². The number of amides is 2. The number of rotatable bonds is 8. The molecule has 43 heavy (non-hydrogen) atoms. The zero-order valence-electron chi connectivity index (χ0n) is 24.6. The number of methoxy groups -OCH3 is 1. The van der Waals surface area contributed by atoms with Gasteiger partial charge in [-0.15, -0.1) is 0 Å². The van der Waals surface area contributed by atoms with Crippen LogP contribution in [0.5, 0.6) is 0 Å². The Bertz CT molecular complexity index is 1530. The van der Waals surface area contributed by atoms with Crippen LogP contribution in [0.2, 0.25) is 0 Å². The Morgan fingerprint density at radius 1 is 0.628 bits per heavy atom. The first-order valence-electron chi connectivity index (χ1n) is 12.9. The minimum absolute atomic E-state index is 0. The van der Waals surface area contributed by atoms with Crippen LogP contribution in [0.1, 0.15) is 31.8 Å². The summed E-state index contributed by atoms with van der Waals surface area (Å²) in [4.78, 5) is 45.7. The van der Waals surface area contributed by atoms with Crippen molar-refractivity contribution in [3.05, 3.63) is 119 Å². The predicted molar refractivity (Wildman–Crippen MR) is 159 cm³/mol. The van der Waals surface area contributed by atoms with E-state index < -0.39 is 11.9 Å². The number of hydrogen-bond donors (Lipinski definition) is 3. The van der Waals surface area contributed by atoms with Gasteiger partial charge < -0.3 is 26.0 Å². The molecule has 4 rings (SSSR count). The van der Waals surface area contributed by atoms with Gasteiger partial charge in [0.15, 0.2) is 0 Å². The largest absolute Gasteiger partial charge is 1.00 e. The van der Waals surface area contributed by atoms with E-state index in [0.717, 1.165) is 33.4 Å². The van der Waals surface area contributed by atoms with Gasteiger partial charge in [0.2, 0.25) is 0 Å². The molecule has 0 radical (unpaired) electrons. The first kappa shape index (κ1) is 36.3. The summed E-state index contributed by atoms with van der Waals surface area (Å²) in [5, 5.41) is 13.5. The third-order valence-corrected chi connectivity index (χ3v) is 6.35. The molecule has 0 unspecified atom stereocenters. The maximum Gasteiger partial charge on any atom is 1.00 e. The molecule has 0 aliphatic rings. The van der Waals surface area contributed by atoms with E-state index in [1.165, 1.54) is 7.11 Å². The van der Waals surface area contributed by atoms with E-state index in [1.807, 2.05) is 92.7 Å². The summed E-state index contributed by atoms with van der Waals surface area (Å²) in [6, 6.07) is 30.6. The molecule has 4 N–H and O–H groups in total. The minimum Gasteiger partial charge on any atom is -0.870 e. The van der Waals surface area contributed by atoms with E-state index >= 15 is 0 Å². The van der Waals surface area contributed by atoms with Crippen molar-refractivity contribution in [1.82, 2.24) is 10.6 Å². The molecule has 0 aliphatic heterocycles. The molecule has 0 aliphatic carbocycles. The second-order valence-corrected chi connectivity index (χ2v) is 9.02. The Labute approximate surface area is 262 Å². The predicted octanol–water partition coefficient (Wildman–Crippen LogP) is 1.87. The first-order chi connectivity index (χ1) is 19.7. The van der Waals surface area contributed by atoms with Crippen molar-refractivity contribution in [3.63, 3.8) is 0 Å². The van der Waals surface area contributed by atoms with Crippen molar-refractivity contribution in [2.45, 2.75) is 13.8 Å². The van der Waals surface area contributed by atoms with Gasteiger partial charge in [-0.25, -0.2) is 0 Å². The maximum atomic E-state index is 12.2. The number of carbonyl (C=O) groups excluding carboxylic acids is 3. The van der Waals surface area contributed by atoms with Gasteiger partial charge in [-0.05, 0) is 59.4 Å². The third-order valence-electron chi connectivity index (χ3n) is 6.35. The summed E-state index contributed by atoms with van der Waals surface area (Å²) in [7, 11) is 1.29. The molecule has 0 aromatic heterocycles. The van der Waals surface area contributed by atoms with Crippen LogP contribution in [-0.2, 0) is 14.3 Å². The van der Waals surface area contributed by atoms with Crippen molar-refractivity contribution in [3.8, 4) is 22.3 Å². The van der Waals surface area contributed by atoms with Gasteiger partial charge in [0, 0.05) is 11.1 Å². The normalized spacial score (nSPS) is 9.56. The van der Waals surface area contributed by atoms with Crippen molar-refractivity contribution in [2.24, 2.45) is 0 Å². The number of carboxylic acids is 1. The Balaban J connectivity index is 0.000000411. The van der Waals surface area contributed by atoms with E-state index in [1.54, 1.807) is 18.2 Å². The van der Waals surface area contributed by atoms with Gasteiger partial charge in [-0.3, -0.25) is 19.2 Å². The Hall–Kier alpha value is -4.68. The zero-order valence-corrected chi connectivity index (χ0v) is 24.6. The summed E-state index contributed by atoms with van der Waals surface area (Å²) in [6.07, 6.45) is 0. The number of carbonyl (C=O) groups is 4. The van der Waals surface area contributed by atoms with Crippen LogP contribution in [0.4, 0.5) is 0 Å². The van der Waals surface area contributed by atoms with Crippen LogP contribution in [0, 0.1) is 13.8 Å². The topological polar surface area (TPSA) is 152 Å². The number of benzene rings is 4. The number of esters is 1. The Morgan fingerprint density at radius 3 is 1.40 bits per heavy atom. The van der Waals surface area contributed by atoms with Gasteiger partial charge in [0.1, 0.15) is 13.1 Å². The summed E-state index contributed by atoms with van der Waals surface area (Å²) in [5.74, 6) is -2.19. The van der Waals surface area contributed by atoms with Gasteiger partial charge in [-0.1, -0.05) is 84.9 Å². The molecule has 0 saturated heterocycles. The van der Waals surface area contributed by atoms with E-state index in [2.05, 4.69) is 15.4 Å². The molecule has 0 bridgehead atoms. The molecule has 9 nitrogen and oxygen atoms in total. The second kappa shape index (κ2) is 18.0. The fraction of sp³-hybridized carbons (Fsp3) is 0.152. The van der Waals surface area contributed by atoms with E-state index in [9.17, 15) is 19.2 Å². The van der Waals surface area contributed by atoms with Gasteiger partial charge in [-0.2, -0.15) is 0 Å². The van der Waals surface area contributed by atoms with Crippen molar-refractivity contribution < 1.29 is 53.4 Å². The average molecular weight is 577 g/mol. The smallest absolute Gasteiger partial charge is 0.870 e. The molecule has 0 fully saturated rings. The molecule has 218 valence electrons. The molecule has 0 atom stereocenters. The summed E-state index contributed by atoms with van der Waals surface area (Å²) >= 11 is 0. The monoisotopic (exact) mass is 576 g/mol.